The third-order valence-electron chi connectivity index (χ3n) is 4.17. The number of aryl methyl sites for hydroxylation is 1. The van der Waals surface area contributed by atoms with Gasteiger partial charge in [0.1, 0.15) is 0 Å². The zero-order valence-corrected chi connectivity index (χ0v) is 14.9. The van der Waals surface area contributed by atoms with Crippen molar-refractivity contribution >= 4 is 0 Å². The molecule has 0 atom stereocenters. The van der Waals surface area contributed by atoms with Crippen LogP contribution in [0.4, 0.5) is 0 Å². The van der Waals surface area contributed by atoms with Crippen LogP contribution in [-0.2, 0) is 0 Å². The average Bonchev–Trinajstić information content (AvgIpc) is 2.67. The van der Waals surface area contributed by atoms with Gasteiger partial charge in [-0.3, -0.25) is 4.98 Å². The van der Waals surface area contributed by atoms with Crippen LogP contribution in [0.5, 0.6) is 17.2 Å². The number of ether oxygens (including phenoxy) is 3. The minimum atomic E-state index is 0.582. The van der Waals surface area contributed by atoms with Crippen LogP contribution in [0.1, 0.15) is 5.69 Å². The van der Waals surface area contributed by atoms with Crippen molar-refractivity contribution in [1.82, 2.24) is 4.98 Å². The van der Waals surface area contributed by atoms with E-state index < -0.39 is 0 Å². The predicted molar refractivity (Wildman–Crippen MR) is 99.5 cm³/mol. The van der Waals surface area contributed by atoms with Gasteiger partial charge in [-0.05, 0) is 36.2 Å². The third kappa shape index (κ3) is 3.29. The number of aromatic nitrogens is 1. The molecule has 0 saturated carbocycles. The Kier molecular flexibility index (Phi) is 4.89. The summed E-state index contributed by atoms with van der Waals surface area (Å²) in [6.45, 7) is 1.99. The number of rotatable bonds is 5. The molecule has 0 aliphatic carbocycles. The van der Waals surface area contributed by atoms with Gasteiger partial charge in [0, 0.05) is 23.0 Å². The number of benzene rings is 2. The highest BCUT2D eigenvalue weighted by molar-refractivity contribution is 5.77. The van der Waals surface area contributed by atoms with Crippen molar-refractivity contribution < 1.29 is 14.2 Å². The fourth-order valence-corrected chi connectivity index (χ4v) is 2.85. The number of methoxy groups -OCH3 is 3. The molecule has 0 N–H and O–H groups in total. The average molecular weight is 335 g/mol. The Morgan fingerprint density at radius 1 is 0.720 bits per heavy atom. The zero-order valence-electron chi connectivity index (χ0n) is 14.9. The first kappa shape index (κ1) is 16.8. The Labute approximate surface area is 148 Å². The monoisotopic (exact) mass is 335 g/mol. The van der Waals surface area contributed by atoms with Crippen LogP contribution in [-0.4, -0.2) is 26.3 Å². The summed E-state index contributed by atoms with van der Waals surface area (Å²) in [5, 5.41) is 0. The van der Waals surface area contributed by atoms with Crippen LogP contribution in [0, 0.1) is 6.92 Å². The molecule has 0 radical (unpaired) electrons. The second-order valence-electron chi connectivity index (χ2n) is 5.64. The predicted octanol–water partition coefficient (Wildman–Crippen LogP) is 4.75. The van der Waals surface area contributed by atoms with Gasteiger partial charge in [-0.2, -0.15) is 0 Å². The quantitative estimate of drug-likeness (QED) is 0.675. The molecule has 0 spiro atoms. The SMILES string of the molecule is COc1cc(-c2cc(-c3ccccc3)cnc2C)cc(OC)c1OC. The molecule has 25 heavy (non-hydrogen) atoms. The van der Waals surface area contributed by atoms with E-state index in [4.69, 9.17) is 14.2 Å². The van der Waals surface area contributed by atoms with Crippen molar-refractivity contribution in [2.24, 2.45) is 0 Å². The van der Waals surface area contributed by atoms with Crippen LogP contribution in [0.25, 0.3) is 22.3 Å². The molecule has 0 saturated heterocycles. The minimum Gasteiger partial charge on any atom is -0.493 e. The van der Waals surface area contributed by atoms with Crippen LogP contribution in [0.2, 0.25) is 0 Å². The minimum absolute atomic E-state index is 0.582. The largest absolute Gasteiger partial charge is 0.493 e. The van der Waals surface area contributed by atoms with Crippen molar-refractivity contribution in [3.63, 3.8) is 0 Å². The van der Waals surface area contributed by atoms with E-state index in [-0.39, 0.29) is 0 Å². The maximum atomic E-state index is 5.47. The molecule has 0 unspecified atom stereocenters. The van der Waals surface area contributed by atoms with Crippen LogP contribution < -0.4 is 14.2 Å². The second-order valence-corrected chi connectivity index (χ2v) is 5.64. The maximum absolute atomic E-state index is 5.47. The van der Waals surface area contributed by atoms with Crippen LogP contribution in [0.15, 0.2) is 54.7 Å². The summed E-state index contributed by atoms with van der Waals surface area (Å²) in [5.74, 6) is 1.83. The molecule has 0 aliphatic heterocycles. The lowest BCUT2D eigenvalue weighted by atomic mass is 9.99. The van der Waals surface area contributed by atoms with Crippen LogP contribution >= 0.6 is 0 Å². The van der Waals surface area contributed by atoms with Gasteiger partial charge >= 0.3 is 0 Å². The molecule has 4 nitrogen and oxygen atoms in total. The van der Waals surface area contributed by atoms with E-state index in [2.05, 4.69) is 23.2 Å². The lowest BCUT2D eigenvalue weighted by Gasteiger charge is -2.15. The Balaban J connectivity index is 2.16. The molecular weight excluding hydrogens is 314 g/mol. The summed E-state index contributed by atoms with van der Waals surface area (Å²) < 4.78 is 16.3. The highest BCUT2D eigenvalue weighted by Crippen LogP contribution is 2.42. The van der Waals surface area contributed by atoms with Crippen molar-refractivity contribution in [3.05, 3.63) is 60.4 Å². The van der Waals surface area contributed by atoms with Crippen molar-refractivity contribution in [2.75, 3.05) is 21.3 Å². The number of nitrogens with zero attached hydrogens (tertiary/aromatic N) is 1. The number of pyridine rings is 1. The Morgan fingerprint density at radius 2 is 1.36 bits per heavy atom. The van der Waals surface area contributed by atoms with Gasteiger partial charge in [0.2, 0.25) is 5.75 Å². The molecule has 2 aromatic carbocycles. The first-order valence-electron chi connectivity index (χ1n) is 8.00. The molecule has 3 rings (SSSR count). The first-order chi connectivity index (χ1) is 12.2. The molecule has 3 aromatic rings. The maximum Gasteiger partial charge on any atom is 0.203 e. The molecule has 0 bridgehead atoms. The van der Waals surface area contributed by atoms with E-state index >= 15 is 0 Å². The lowest BCUT2D eigenvalue weighted by Crippen LogP contribution is -1.97. The van der Waals surface area contributed by atoms with Gasteiger partial charge in [-0.15, -0.1) is 0 Å². The highest BCUT2D eigenvalue weighted by atomic mass is 16.5. The summed E-state index contributed by atoms with van der Waals surface area (Å²) in [5.41, 5.74) is 5.13. The highest BCUT2D eigenvalue weighted by Gasteiger charge is 2.16. The topological polar surface area (TPSA) is 40.6 Å². The normalized spacial score (nSPS) is 10.4. The summed E-state index contributed by atoms with van der Waals surface area (Å²) in [6, 6.07) is 16.2. The van der Waals surface area contributed by atoms with Gasteiger partial charge in [-0.1, -0.05) is 30.3 Å². The fourth-order valence-electron chi connectivity index (χ4n) is 2.85. The molecule has 4 heteroatoms. The van der Waals surface area contributed by atoms with Gasteiger partial charge in [0.15, 0.2) is 11.5 Å². The van der Waals surface area contributed by atoms with E-state index in [1.54, 1.807) is 21.3 Å². The Bertz CT molecular complexity index is 851. The van der Waals surface area contributed by atoms with Crippen molar-refractivity contribution in [2.45, 2.75) is 6.92 Å². The molecule has 0 aliphatic rings. The molecular formula is C21H21NO3. The molecule has 128 valence electrons. The van der Waals surface area contributed by atoms with Crippen molar-refractivity contribution in [1.29, 1.82) is 0 Å². The summed E-state index contributed by atoms with van der Waals surface area (Å²) >= 11 is 0. The Hall–Kier alpha value is -3.01. The first-order valence-corrected chi connectivity index (χ1v) is 8.00. The fraction of sp³-hybridized carbons (Fsp3) is 0.190. The molecule has 0 amide bonds. The molecule has 1 heterocycles. The lowest BCUT2D eigenvalue weighted by molar-refractivity contribution is 0.324. The third-order valence-corrected chi connectivity index (χ3v) is 4.17. The van der Waals surface area contributed by atoms with E-state index in [1.807, 2.05) is 43.5 Å². The summed E-state index contributed by atoms with van der Waals surface area (Å²) in [6.07, 6.45) is 1.89. The van der Waals surface area contributed by atoms with Crippen LogP contribution in [0.3, 0.4) is 0 Å². The van der Waals surface area contributed by atoms with Gasteiger partial charge < -0.3 is 14.2 Å². The summed E-state index contributed by atoms with van der Waals surface area (Å²) in [7, 11) is 4.84. The van der Waals surface area contributed by atoms with Gasteiger partial charge in [-0.25, -0.2) is 0 Å². The van der Waals surface area contributed by atoms with E-state index in [9.17, 15) is 0 Å². The number of hydrogen-bond acceptors (Lipinski definition) is 4. The van der Waals surface area contributed by atoms with E-state index in [1.165, 1.54) is 0 Å². The zero-order chi connectivity index (χ0) is 17.8. The standard InChI is InChI=1S/C21H21NO3/c1-14-18(10-17(13-22-14)15-8-6-5-7-9-15)16-11-19(23-2)21(25-4)20(12-16)24-3/h5-13H,1-4H3. The van der Waals surface area contributed by atoms with Gasteiger partial charge in [0.05, 0.1) is 21.3 Å². The van der Waals surface area contributed by atoms with Gasteiger partial charge in [0.25, 0.3) is 0 Å². The van der Waals surface area contributed by atoms with Crippen molar-refractivity contribution in [3.8, 4) is 39.5 Å². The van der Waals surface area contributed by atoms with E-state index in [0.29, 0.717) is 17.2 Å². The van der Waals surface area contributed by atoms with E-state index in [0.717, 1.165) is 27.9 Å². The second kappa shape index (κ2) is 7.26. The number of hydrogen-bond donors (Lipinski definition) is 0. The molecule has 1 aromatic heterocycles. The summed E-state index contributed by atoms with van der Waals surface area (Å²) in [4.78, 5) is 4.57. The Morgan fingerprint density at radius 3 is 1.92 bits per heavy atom. The molecule has 0 fully saturated rings. The smallest absolute Gasteiger partial charge is 0.203 e.